The zero-order valence-corrected chi connectivity index (χ0v) is 12.5. The van der Waals surface area contributed by atoms with Gasteiger partial charge in [-0.15, -0.1) is 0 Å². The van der Waals surface area contributed by atoms with Crippen molar-refractivity contribution in [3.05, 3.63) is 23.8 Å². The molecule has 1 fully saturated rings. The third-order valence-corrected chi connectivity index (χ3v) is 4.71. The quantitative estimate of drug-likeness (QED) is 0.781. The van der Waals surface area contributed by atoms with Crippen molar-refractivity contribution in [1.29, 1.82) is 0 Å². The van der Waals surface area contributed by atoms with Gasteiger partial charge in [-0.25, -0.2) is 13.1 Å². The van der Waals surface area contributed by atoms with Gasteiger partial charge >= 0.3 is 0 Å². The third-order valence-electron chi connectivity index (χ3n) is 3.23. The van der Waals surface area contributed by atoms with Crippen LogP contribution in [0.3, 0.4) is 0 Å². The zero-order chi connectivity index (χ0) is 14.8. The van der Waals surface area contributed by atoms with Crippen molar-refractivity contribution in [3.8, 4) is 5.75 Å². The lowest BCUT2D eigenvalue weighted by Gasteiger charge is -2.11. The first-order chi connectivity index (χ1) is 9.49. The Morgan fingerprint density at radius 3 is 2.65 bits per heavy atom. The molecule has 20 heavy (non-hydrogen) atoms. The lowest BCUT2D eigenvalue weighted by atomic mass is 10.1. The highest BCUT2D eigenvalue weighted by molar-refractivity contribution is 7.89. The predicted octanol–water partition coefficient (Wildman–Crippen LogP) is 1.98. The van der Waals surface area contributed by atoms with Crippen molar-refractivity contribution < 1.29 is 17.9 Å². The molecule has 0 aromatic heterocycles. The first-order valence-electron chi connectivity index (χ1n) is 6.71. The molecule has 1 aromatic rings. The molecule has 1 saturated carbocycles. The minimum atomic E-state index is -3.65. The van der Waals surface area contributed by atoms with Gasteiger partial charge in [0.25, 0.3) is 0 Å². The summed E-state index contributed by atoms with van der Waals surface area (Å²) in [6.07, 6.45) is 2.48. The van der Waals surface area contributed by atoms with Crippen LogP contribution < -0.4 is 9.46 Å². The number of rotatable bonds is 7. The summed E-state index contributed by atoms with van der Waals surface area (Å²) in [5, 5.41) is 0. The zero-order valence-electron chi connectivity index (χ0n) is 11.7. The van der Waals surface area contributed by atoms with Gasteiger partial charge in [0.2, 0.25) is 10.0 Å². The van der Waals surface area contributed by atoms with Crippen molar-refractivity contribution in [2.45, 2.75) is 31.1 Å². The fourth-order valence-electron chi connectivity index (χ4n) is 1.94. The highest BCUT2D eigenvalue weighted by atomic mass is 32.2. The molecule has 0 spiro atoms. The molecule has 1 N–H and O–H groups in total. The lowest BCUT2D eigenvalue weighted by Crippen LogP contribution is -2.25. The Morgan fingerprint density at radius 2 is 2.10 bits per heavy atom. The molecule has 0 heterocycles. The van der Waals surface area contributed by atoms with E-state index in [1.807, 2.05) is 6.92 Å². The van der Waals surface area contributed by atoms with Crippen LogP contribution in [-0.2, 0) is 10.0 Å². The predicted molar refractivity (Wildman–Crippen MR) is 75.5 cm³/mol. The number of methoxy groups -OCH3 is 1. The molecule has 1 aromatic carbocycles. The monoisotopic (exact) mass is 297 g/mol. The van der Waals surface area contributed by atoms with E-state index in [9.17, 15) is 13.2 Å². The fourth-order valence-corrected chi connectivity index (χ4v) is 3.26. The molecular weight excluding hydrogens is 278 g/mol. The molecule has 0 aliphatic heterocycles. The molecule has 1 aliphatic carbocycles. The van der Waals surface area contributed by atoms with E-state index in [1.165, 1.54) is 19.2 Å². The van der Waals surface area contributed by atoms with Crippen LogP contribution in [0, 0.1) is 5.92 Å². The van der Waals surface area contributed by atoms with Crippen molar-refractivity contribution in [1.82, 2.24) is 4.72 Å². The summed E-state index contributed by atoms with van der Waals surface area (Å²) in [6, 6.07) is 4.58. The van der Waals surface area contributed by atoms with Crippen molar-refractivity contribution >= 4 is 15.8 Å². The summed E-state index contributed by atoms with van der Waals surface area (Å²) >= 11 is 0. The Bertz CT molecular complexity index is 606. The first-order valence-corrected chi connectivity index (χ1v) is 8.20. The second-order valence-electron chi connectivity index (χ2n) is 4.90. The van der Waals surface area contributed by atoms with Gasteiger partial charge in [-0.2, -0.15) is 0 Å². The Kier molecular flexibility index (Phi) is 4.45. The summed E-state index contributed by atoms with van der Waals surface area (Å²) in [4.78, 5) is 12.1. The minimum Gasteiger partial charge on any atom is -0.495 e. The summed E-state index contributed by atoms with van der Waals surface area (Å²) < 4.78 is 32.0. The normalized spacial score (nSPS) is 15.1. The highest BCUT2D eigenvalue weighted by Crippen LogP contribution is 2.34. The van der Waals surface area contributed by atoms with E-state index in [0.29, 0.717) is 18.5 Å². The van der Waals surface area contributed by atoms with Crippen LogP contribution >= 0.6 is 0 Å². The number of ether oxygens (including phenoxy) is 1. The molecule has 0 atom stereocenters. The van der Waals surface area contributed by atoms with E-state index in [-0.39, 0.29) is 22.3 Å². The summed E-state index contributed by atoms with van der Waals surface area (Å²) in [5.41, 5.74) is 0.435. The number of carbonyl (C=O) groups is 1. The molecule has 6 heteroatoms. The van der Waals surface area contributed by atoms with E-state index >= 15 is 0 Å². The highest BCUT2D eigenvalue weighted by Gasteiger charge is 2.31. The van der Waals surface area contributed by atoms with E-state index in [4.69, 9.17) is 4.74 Å². The van der Waals surface area contributed by atoms with Crippen LogP contribution in [0.4, 0.5) is 0 Å². The van der Waals surface area contributed by atoms with Crippen molar-refractivity contribution in [3.63, 3.8) is 0 Å². The van der Waals surface area contributed by atoms with Gasteiger partial charge in [0.05, 0.1) is 7.11 Å². The van der Waals surface area contributed by atoms with Crippen LogP contribution in [-0.4, -0.2) is 27.9 Å². The maximum Gasteiger partial charge on any atom is 0.244 e. The van der Waals surface area contributed by atoms with Gasteiger partial charge in [0.15, 0.2) is 5.78 Å². The van der Waals surface area contributed by atoms with Crippen molar-refractivity contribution in [2.24, 2.45) is 5.92 Å². The van der Waals surface area contributed by atoms with Crippen LogP contribution in [0.5, 0.6) is 5.75 Å². The van der Waals surface area contributed by atoms with Gasteiger partial charge in [-0.05, 0) is 37.5 Å². The number of nitrogens with one attached hydrogen (secondary N) is 1. The Labute approximate surface area is 119 Å². The molecule has 0 unspecified atom stereocenters. The van der Waals surface area contributed by atoms with Gasteiger partial charge in [-0.3, -0.25) is 4.79 Å². The molecule has 0 amide bonds. The van der Waals surface area contributed by atoms with Crippen LogP contribution in [0.15, 0.2) is 23.1 Å². The van der Waals surface area contributed by atoms with E-state index < -0.39 is 10.0 Å². The largest absolute Gasteiger partial charge is 0.495 e. The number of benzene rings is 1. The fraction of sp³-hybridized carbons (Fsp3) is 0.500. The molecule has 0 saturated heterocycles. The first kappa shape index (κ1) is 15.0. The molecule has 110 valence electrons. The Morgan fingerprint density at radius 1 is 1.40 bits per heavy atom. The SMILES string of the molecule is CCCNS(=O)(=O)c1cc(C(=O)C2CC2)ccc1OC. The van der Waals surface area contributed by atoms with Crippen LogP contribution in [0.2, 0.25) is 0 Å². The van der Waals surface area contributed by atoms with Crippen LogP contribution in [0.25, 0.3) is 0 Å². The molecule has 1 aliphatic rings. The van der Waals surface area contributed by atoms with Crippen LogP contribution in [0.1, 0.15) is 36.5 Å². The molecule has 0 radical (unpaired) electrons. The van der Waals surface area contributed by atoms with Crippen molar-refractivity contribution in [2.75, 3.05) is 13.7 Å². The number of sulfonamides is 1. The molecule has 2 rings (SSSR count). The molecule has 5 nitrogen and oxygen atoms in total. The van der Waals surface area contributed by atoms with E-state index in [1.54, 1.807) is 6.07 Å². The summed E-state index contributed by atoms with van der Waals surface area (Å²) in [5.74, 6) is 0.322. The maximum atomic E-state index is 12.2. The number of hydrogen-bond donors (Lipinski definition) is 1. The average Bonchev–Trinajstić information content (AvgIpc) is 3.28. The maximum absolute atomic E-state index is 12.2. The summed E-state index contributed by atoms with van der Waals surface area (Å²) in [6.45, 7) is 2.24. The number of hydrogen-bond acceptors (Lipinski definition) is 4. The smallest absolute Gasteiger partial charge is 0.244 e. The minimum absolute atomic E-state index is 0.0135. The second-order valence-corrected chi connectivity index (χ2v) is 6.64. The van der Waals surface area contributed by atoms with E-state index in [2.05, 4.69) is 4.72 Å². The van der Waals surface area contributed by atoms with Gasteiger partial charge in [-0.1, -0.05) is 6.92 Å². The summed E-state index contributed by atoms with van der Waals surface area (Å²) in [7, 11) is -2.24. The number of Topliss-reactive ketones (excluding diaryl/α,β-unsaturated/α-hetero) is 1. The third kappa shape index (κ3) is 3.19. The van der Waals surface area contributed by atoms with Gasteiger partial charge in [0.1, 0.15) is 10.6 Å². The molecule has 0 bridgehead atoms. The molecular formula is C14H19NO4S. The topological polar surface area (TPSA) is 72.5 Å². The Hall–Kier alpha value is -1.40. The number of carbonyl (C=O) groups excluding carboxylic acids is 1. The lowest BCUT2D eigenvalue weighted by molar-refractivity contribution is 0.0967. The van der Waals surface area contributed by atoms with Gasteiger partial charge < -0.3 is 4.74 Å². The second kappa shape index (κ2) is 5.93. The van der Waals surface area contributed by atoms with Gasteiger partial charge in [0, 0.05) is 18.0 Å². The number of ketones is 1. The Balaban J connectivity index is 2.38. The average molecular weight is 297 g/mol. The van der Waals surface area contributed by atoms with E-state index in [0.717, 1.165) is 12.8 Å². The standard InChI is InChI=1S/C14H19NO4S/c1-3-8-15-20(17,18)13-9-11(6-7-12(13)19-2)14(16)10-4-5-10/h6-7,9-10,15H,3-5,8H2,1-2H3.